The Hall–Kier alpha value is -1.37. The van der Waals surface area contributed by atoms with E-state index in [0.29, 0.717) is 0 Å². The van der Waals surface area contributed by atoms with E-state index in [-0.39, 0.29) is 17.0 Å². The first kappa shape index (κ1) is 17.0. The first-order valence-electron chi connectivity index (χ1n) is 6.38. The van der Waals surface area contributed by atoms with E-state index < -0.39 is 0 Å². The lowest BCUT2D eigenvalue weighted by molar-refractivity contribution is 0.417. The monoisotopic (exact) mass is 440 g/mol. The van der Waals surface area contributed by atoms with Crippen molar-refractivity contribution in [3.05, 3.63) is 58.4 Å². The Morgan fingerprint density at radius 3 is 2.55 bits per heavy atom. The number of halogens is 2. The Morgan fingerprint density at radius 2 is 1.82 bits per heavy atom. The standard InChI is InChI=1S/C16H13BrN2OS.BrH/c1-20-15-5-3-2-4-13(15)18-16-19-14(10-21-16)11-6-8-12(17)9-7-11;/h2-10H,1H3,(H,18,19);1H. The van der Waals surface area contributed by atoms with Crippen molar-refractivity contribution in [1.82, 2.24) is 4.98 Å². The maximum absolute atomic E-state index is 5.33. The van der Waals surface area contributed by atoms with Crippen molar-refractivity contribution in [2.24, 2.45) is 0 Å². The smallest absolute Gasteiger partial charge is 0.187 e. The van der Waals surface area contributed by atoms with E-state index >= 15 is 0 Å². The van der Waals surface area contributed by atoms with Gasteiger partial charge in [-0.05, 0) is 24.3 Å². The third-order valence-corrected chi connectivity index (χ3v) is 4.28. The Labute approximate surface area is 152 Å². The topological polar surface area (TPSA) is 34.1 Å². The number of nitrogens with zero attached hydrogens (tertiary/aromatic N) is 1. The van der Waals surface area contributed by atoms with Crippen LogP contribution in [0.5, 0.6) is 5.75 Å². The molecule has 22 heavy (non-hydrogen) atoms. The lowest BCUT2D eigenvalue weighted by Gasteiger charge is -2.08. The van der Waals surface area contributed by atoms with Crippen LogP contribution in [-0.4, -0.2) is 12.1 Å². The molecule has 3 rings (SSSR count). The number of aromatic nitrogens is 1. The van der Waals surface area contributed by atoms with Gasteiger partial charge in [0.25, 0.3) is 0 Å². The number of para-hydroxylation sites is 2. The minimum atomic E-state index is 0. The highest BCUT2D eigenvalue weighted by molar-refractivity contribution is 9.10. The number of nitrogens with one attached hydrogen (secondary N) is 1. The zero-order valence-corrected chi connectivity index (χ0v) is 15.9. The second kappa shape index (κ2) is 7.76. The molecule has 3 aromatic rings. The Morgan fingerprint density at radius 1 is 1.09 bits per heavy atom. The van der Waals surface area contributed by atoms with E-state index in [9.17, 15) is 0 Å². The number of benzene rings is 2. The van der Waals surface area contributed by atoms with Crippen LogP contribution in [0.25, 0.3) is 11.3 Å². The van der Waals surface area contributed by atoms with Crippen LogP contribution >= 0.6 is 44.2 Å². The molecule has 0 spiro atoms. The van der Waals surface area contributed by atoms with E-state index in [1.165, 1.54) is 0 Å². The van der Waals surface area contributed by atoms with Crippen molar-refractivity contribution in [2.45, 2.75) is 0 Å². The molecular formula is C16H14Br2N2OS. The number of hydrogen-bond acceptors (Lipinski definition) is 4. The fourth-order valence-electron chi connectivity index (χ4n) is 1.95. The van der Waals surface area contributed by atoms with E-state index in [0.717, 1.165) is 32.3 Å². The lowest BCUT2D eigenvalue weighted by atomic mass is 10.2. The fourth-order valence-corrected chi connectivity index (χ4v) is 2.94. The van der Waals surface area contributed by atoms with Gasteiger partial charge in [0.1, 0.15) is 5.75 Å². The van der Waals surface area contributed by atoms with Crippen LogP contribution in [0.2, 0.25) is 0 Å². The van der Waals surface area contributed by atoms with Crippen LogP contribution in [0.15, 0.2) is 58.4 Å². The summed E-state index contributed by atoms with van der Waals surface area (Å²) < 4.78 is 6.40. The van der Waals surface area contributed by atoms with Gasteiger partial charge in [-0.3, -0.25) is 0 Å². The molecule has 3 nitrogen and oxygen atoms in total. The molecule has 114 valence electrons. The summed E-state index contributed by atoms with van der Waals surface area (Å²) in [5, 5.41) is 6.19. The Balaban J connectivity index is 0.00000176. The van der Waals surface area contributed by atoms with Crippen LogP contribution in [0.4, 0.5) is 10.8 Å². The molecule has 0 aliphatic heterocycles. The van der Waals surface area contributed by atoms with Crippen molar-refractivity contribution in [2.75, 3.05) is 12.4 Å². The van der Waals surface area contributed by atoms with Crippen molar-refractivity contribution in [1.29, 1.82) is 0 Å². The molecular weight excluding hydrogens is 428 g/mol. The molecule has 1 heterocycles. The Bertz CT molecular complexity index is 744. The van der Waals surface area contributed by atoms with Crippen LogP contribution in [0, 0.1) is 0 Å². The number of ether oxygens (including phenoxy) is 1. The summed E-state index contributed by atoms with van der Waals surface area (Å²) >= 11 is 5.01. The van der Waals surface area contributed by atoms with Gasteiger partial charge in [0.05, 0.1) is 18.5 Å². The van der Waals surface area contributed by atoms with Gasteiger partial charge in [0, 0.05) is 15.4 Å². The largest absolute Gasteiger partial charge is 0.495 e. The van der Waals surface area contributed by atoms with Crippen LogP contribution in [0.1, 0.15) is 0 Å². The number of rotatable bonds is 4. The van der Waals surface area contributed by atoms with Crippen molar-refractivity contribution in [3.8, 4) is 17.0 Å². The second-order valence-electron chi connectivity index (χ2n) is 4.37. The lowest BCUT2D eigenvalue weighted by Crippen LogP contribution is -1.93. The average molecular weight is 442 g/mol. The van der Waals surface area contributed by atoms with Crippen LogP contribution < -0.4 is 10.1 Å². The van der Waals surface area contributed by atoms with Crippen LogP contribution in [0.3, 0.4) is 0 Å². The third-order valence-electron chi connectivity index (χ3n) is 2.99. The zero-order chi connectivity index (χ0) is 14.7. The normalized spacial score (nSPS) is 9.91. The summed E-state index contributed by atoms with van der Waals surface area (Å²) in [6.07, 6.45) is 0. The highest BCUT2D eigenvalue weighted by Gasteiger charge is 2.07. The van der Waals surface area contributed by atoms with Crippen molar-refractivity contribution < 1.29 is 4.74 Å². The molecule has 1 aromatic heterocycles. The second-order valence-corrected chi connectivity index (χ2v) is 6.14. The molecule has 0 saturated carbocycles. The minimum absolute atomic E-state index is 0. The summed E-state index contributed by atoms with van der Waals surface area (Å²) in [4.78, 5) is 4.62. The van der Waals surface area contributed by atoms with E-state index in [4.69, 9.17) is 4.74 Å². The molecule has 2 aromatic carbocycles. The van der Waals surface area contributed by atoms with Crippen molar-refractivity contribution >= 4 is 55.1 Å². The van der Waals surface area contributed by atoms with Gasteiger partial charge in [-0.15, -0.1) is 28.3 Å². The summed E-state index contributed by atoms with van der Waals surface area (Å²) in [5.74, 6) is 0.804. The highest BCUT2D eigenvalue weighted by atomic mass is 79.9. The quantitative estimate of drug-likeness (QED) is 0.546. The zero-order valence-electron chi connectivity index (χ0n) is 11.7. The molecule has 1 N–H and O–H groups in total. The van der Waals surface area contributed by atoms with Gasteiger partial charge in [0.2, 0.25) is 0 Å². The number of hydrogen-bond donors (Lipinski definition) is 1. The van der Waals surface area contributed by atoms with E-state index in [1.54, 1.807) is 18.4 Å². The van der Waals surface area contributed by atoms with Gasteiger partial charge in [0.15, 0.2) is 5.13 Å². The van der Waals surface area contributed by atoms with Crippen LogP contribution in [-0.2, 0) is 0 Å². The maximum atomic E-state index is 5.33. The molecule has 0 unspecified atom stereocenters. The van der Waals surface area contributed by atoms with Gasteiger partial charge < -0.3 is 10.1 Å². The van der Waals surface area contributed by atoms with Gasteiger partial charge >= 0.3 is 0 Å². The highest BCUT2D eigenvalue weighted by Crippen LogP contribution is 2.31. The molecule has 0 bridgehead atoms. The van der Waals surface area contributed by atoms with Crippen molar-refractivity contribution in [3.63, 3.8) is 0 Å². The molecule has 0 saturated heterocycles. The number of anilines is 2. The van der Waals surface area contributed by atoms with Gasteiger partial charge in [-0.2, -0.15) is 0 Å². The summed E-state index contributed by atoms with van der Waals surface area (Å²) in [5.41, 5.74) is 2.98. The van der Waals surface area contributed by atoms with Gasteiger partial charge in [-0.1, -0.05) is 40.2 Å². The number of thiazole rings is 1. The summed E-state index contributed by atoms with van der Waals surface area (Å²) in [7, 11) is 1.66. The Kier molecular flexibility index (Phi) is 5.99. The molecule has 0 amide bonds. The van der Waals surface area contributed by atoms with E-state index in [1.807, 2.05) is 53.9 Å². The number of methoxy groups -OCH3 is 1. The summed E-state index contributed by atoms with van der Waals surface area (Å²) in [6, 6.07) is 15.9. The maximum Gasteiger partial charge on any atom is 0.187 e. The molecule has 0 radical (unpaired) electrons. The average Bonchev–Trinajstić information content (AvgIpc) is 2.97. The SMILES string of the molecule is Br.COc1ccccc1Nc1nc(-c2ccc(Br)cc2)cs1. The molecule has 6 heteroatoms. The minimum Gasteiger partial charge on any atom is -0.495 e. The predicted molar refractivity (Wildman–Crippen MR) is 102 cm³/mol. The fraction of sp³-hybridized carbons (Fsp3) is 0.0625. The summed E-state index contributed by atoms with van der Waals surface area (Å²) in [6.45, 7) is 0. The molecule has 0 fully saturated rings. The first-order valence-corrected chi connectivity index (χ1v) is 8.05. The third kappa shape index (κ3) is 3.88. The molecule has 0 atom stereocenters. The molecule has 0 aliphatic rings. The van der Waals surface area contributed by atoms with Gasteiger partial charge in [-0.25, -0.2) is 4.98 Å². The molecule has 0 aliphatic carbocycles. The predicted octanol–water partition coefficient (Wildman–Crippen LogP) is 5.90. The van der Waals surface area contributed by atoms with E-state index in [2.05, 4.69) is 26.2 Å². The first-order chi connectivity index (χ1) is 10.3.